The number of nitrogens with zero attached hydrogens (tertiary/aromatic N) is 1. The summed E-state index contributed by atoms with van der Waals surface area (Å²) in [6, 6.07) is 9.83. The van der Waals surface area contributed by atoms with Crippen LogP contribution in [0.5, 0.6) is 0 Å². The predicted octanol–water partition coefficient (Wildman–Crippen LogP) is 3.86. The van der Waals surface area contributed by atoms with E-state index in [1.54, 1.807) is 0 Å². The monoisotopic (exact) mass is 314 g/mol. The second-order valence-electron chi connectivity index (χ2n) is 5.50. The summed E-state index contributed by atoms with van der Waals surface area (Å²) in [6.45, 7) is 0.614. The molecule has 1 atom stereocenters. The fourth-order valence-corrected chi connectivity index (χ4v) is 4.06. The highest BCUT2D eigenvalue weighted by Crippen LogP contribution is 2.38. The molecular weight excluding hydrogens is 296 g/mol. The van der Waals surface area contributed by atoms with E-state index in [-0.39, 0.29) is 11.9 Å². The number of hydrogen-bond donors (Lipinski definition) is 1. The number of thiophene rings is 1. The maximum absolute atomic E-state index is 12.3. The smallest absolute Gasteiger partial charge is 0.252 e. The van der Waals surface area contributed by atoms with Gasteiger partial charge in [0.05, 0.1) is 5.56 Å². The van der Waals surface area contributed by atoms with Crippen LogP contribution in [0.1, 0.15) is 45.2 Å². The molecular formula is C17H18N2O2S. The molecule has 0 saturated heterocycles. The van der Waals surface area contributed by atoms with Crippen molar-refractivity contribution in [3.8, 4) is 0 Å². The van der Waals surface area contributed by atoms with Crippen molar-refractivity contribution in [1.29, 1.82) is 0 Å². The van der Waals surface area contributed by atoms with E-state index in [0.717, 1.165) is 41.7 Å². The molecule has 0 saturated carbocycles. The summed E-state index contributed by atoms with van der Waals surface area (Å²) in [5, 5.41) is 8.03. The van der Waals surface area contributed by atoms with Crippen molar-refractivity contribution < 1.29 is 4.79 Å². The van der Waals surface area contributed by atoms with Gasteiger partial charge in [0.15, 0.2) is 0 Å². The first-order valence-electron chi connectivity index (χ1n) is 7.54. The number of rotatable bonds is 5. The van der Waals surface area contributed by atoms with E-state index >= 15 is 0 Å². The van der Waals surface area contributed by atoms with Gasteiger partial charge < -0.3 is 5.32 Å². The molecule has 2 aromatic rings. The number of amides is 1. The van der Waals surface area contributed by atoms with Crippen LogP contribution in [0.4, 0.5) is 0 Å². The summed E-state index contributed by atoms with van der Waals surface area (Å²) >= 11 is 1.49. The number of nitroso groups, excluding NO2 is 1. The van der Waals surface area contributed by atoms with Gasteiger partial charge in [-0.2, -0.15) is 4.91 Å². The Labute approximate surface area is 133 Å². The lowest BCUT2D eigenvalue weighted by Crippen LogP contribution is -2.26. The Bertz CT molecular complexity index is 667. The first-order valence-corrected chi connectivity index (χ1v) is 8.42. The van der Waals surface area contributed by atoms with Gasteiger partial charge >= 0.3 is 0 Å². The maximum Gasteiger partial charge on any atom is 0.252 e. The molecule has 1 heterocycles. The molecule has 1 aliphatic rings. The standard InChI is InChI=1S/C17H18N2O2S/c20-17(18-10-9-12-5-2-1-3-6-12)14-11-22-16-13(14)7-4-8-15(16)19-21/h1-3,5-6,11,15H,4,7-10H2,(H,18,20). The van der Waals surface area contributed by atoms with Crippen molar-refractivity contribution in [3.63, 3.8) is 0 Å². The van der Waals surface area contributed by atoms with Crippen LogP contribution in [0.2, 0.25) is 0 Å². The minimum Gasteiger partial charge on any atom is -0.352 e. The molecule has 1 N–H and O–H groups in total. The van der Waals surface area contributed by atoms with Crippen LogP contribution in [0, 0.1) is 4.91 Å². The first-order chi connectivity index (χ1) is 10.8. The van der Waals surface area contributed by atoms with Gasteiger partial charge in [-0.25, -0.2) is 0 Å². The predicted molar refractivity (Wildman–Crippen MR) is 88.3 cm³/mol. The van der Waals surface area contributed by atoms with Gasteiger partial charge in [0.2, 0.25) is 0 Å². The van der Waals surface area contributed by atoms with E-state index in [4.69, 9.17) is 0 Å². The second-order valence-corrected chi connectivity index (χ2v) is 6.41. The summed E-state index contributed by atoms with van der Waals surface area (Å²) < 4.78 is 0. The first kappa shape index (κ1) is 14.9. The molecule has 1 unspecified atom stereocenters. The molecule has 4 nitrogen and oxygen atoms in total. The number of fused-ring (bicyclic) bond motifs is 1. The Morgan fingerprint density at radius 2 is 2.14 bits per heavy atom. The molecule has 22 heavy (non-hydrogen) atoms. The van der Waals surface area contributed by atoms with Crippen LogP contribution in [-0.4, -0.2) is 12.5 Å². The number of carbonyl (C=O) groups is 1. The lowest BCUT2D eigenvalue weighted by atomic mass is 9.92. The van der Waals surface area contributed by atoms with Gasteiger partial charge in [-0.1, -0.05) is 35.5 Å². The molecule has 1 amide bonds. The third kappa shape index (κ3) is 3.09. The van der Waals surface area contributed by atoms with Crippen LogP contribution >= 0.6 is 11.3 Å². The lowest BCUT2D eigenvalue weighted by molar-refractivity contribution is 0.0953. The number of benzene rings is 1. The van der Waals surface area contributed by atoms with E-state index in [1.165, 1.54) is 16.9 Å². The second kappa shape index (κ2) is 6.83. The Morgan fingerprint density at radius 3 is 2.91 bits per heavy atom. The Hall–Kier alpha value is -2.01. The highest BCUT2D eigenvalue weighted by molar-refractivity contribution is 7.10. The normalized spacial score (nSPS) is 16.8. The molecule has 1 aromatic heterocycles. The van der Waals surface area contributed by atoms with Gasteiger partial charge in [-0.3, -0.25) is 4.79 Å². The fraction of sp³-hybridized carbons (Fsp3) is 0.353. The van der Waals surface area contributed by atoms with Gasteiger partial charge in [-0.05, 0) is 36.8 Å². The van der Waals surface area contributed by atoms with E-state index in [9.17, 15) is 9.70 Å². The summed E-state index contributed by atoms with van der Waals surface area (Å²) in [4.78, 5) is 24.2. The minimum atomic E-state index is -0.264. The van der Waals surface area contributed by atoms with E-state index in [2.05, 4.69) is 22.6 Å². The van der Waals surface area contributed by atoms with Crippen molar-refractivity contribution >= 4 is 17.2 Å². The molecule has 114 valence electrons. The van der Waals surface area contributed by atoms with E-state index < -0.39 is 0 Å². The van der Waals surface area contributed by atoms with Crippen molar-refractivity contribution in [3.05, 3.63) is 62.2 Å². The quantitative estimate of drug-likeness (QED) is 0.852. The van der Waals surface area contributed by atoms with Crippen LogP contribution in [0.25, 0.3) is 0 Å². The number of hydrogen-bond acceptors (Lipinski definition) is 4. The van der Waals surface area contributed by atoms with Crippen LogP contribution in [0.15, 0.2) is 40.9 Å². The highest BCUT2D eigenvalue weighted by atomic mass is 32.1. The average molecular weight is 314 g/mol. The van der Waals surface area contributed by atoms with Crippen molar-refractivity contribution in [2.75, 3.05) is 6.54 Å². The third-order valence-electron chi connectivity index (χ3n) is 4.05. The van der Waals surface area contributed by atoms with Crippen LogP contribution in [0.3, 0.4) is 0 Å². The summed E-state index contributed by atoms with van der Waals surface area (Å²) in [5.41, 5.74) is 2.96. The Morgan fingerprint density at radius 1 is 1.32 bits per heavy atom. The Balaban J connectivity index is 1.63. The fourth-order valence-electron chi connectivity index (χ4n) is 2.89. The van der Waals surface area contributed by atoms with Crippen molar-refractivity contribution in [1.82, 2.24) is 5.32 Å². The Kier molecular flexibility index (Phi) is 4.63. The minimum absolute atomic E-state index is 0.0417. The van der Waals surface area contributed by atoms with Gasteiger partial charge in [-0.15, -0.1) is 11.3 Å². The molecule has 0 aliphatic heterocycles. The molecule has 1 aliphatic carbocycles. The largest absolute Gasteiger partial charge is 0.352 e. The maximum atomic E-state index is 12.3. The van der Waals surface area contributed by atoms with Gasteiger partial charge in [0.25, 0.3) is 5.91 Å². The molecule has 0 bridgehead atoms. The molecule has 0 spiro atoms. The average Bonchev–Trinajstić information content (AvgIpc) is 3.00. The van der Waals surface area contributed by atoms with Gasteiger partial charge in [0.1, 0.15) is 6.04 Å². The summed E-state index contributed by atoms with van der Waals surface area (Å²) in [6.07, 6.45) is 3.40. The zero-order valence-electron chi connectivity index (χ0n) is 12.2. The topological polar surface area (TPSA) is 58.5 Å². The zero-order chi connectivity index (χ0) is 15.4. The molecule has 3 rings (SSSR count). The van der Waals surface area contributed by atoms with E-state index in [0.29, 0.717) is 6.54 Å². The molecule has 0 fully saturated rings. The van der Waals surface area contributed by atoms with Gasteiger partial charge in [0, 0.05) is 16.8 Å². The third-order valence-corrected chi connectivity index (χ3v) is 5.17. The lowest BCUT2D eigenvalue weighted by Gasteiger charge is -2.17. The summed E-state index contributed by atoms with van der Waals surface area (Å²) in [7, 11) is 0. The van der Waals surface area contributed by atoms with Crippen molar-refractivity contribution in [2.45, 2.75) is 31.7 Å². The van der Waals surface area contributed by atoms with Crippen LogP contribution < -0.4 is 5.32 Å². The zero-order valence-corrected chi connectivity index (χ0v) is 13.1. The van der Waals surface area contributed by atoms with Crippen molar-refractivity contribution in [2.24, 2.45) is 5.18 Å². The number of nitrogens with one attached hydrogen (secondary N) is 1. The SMILES string of the molecule is O=NC1CCCc2c(C(=O)NCCc3ccccc3)csc21. The molecule has 5 heteroatoms. The number of carbonyl (C=O) groups excluding carboxylic acids is 1. The van der Waals surface area contributed by atoms with E-state index in [1.807, 2.05) is 23.6 Å². The summed E-state index contributed by atoms with van der Waals surface area (Å²) in [5.74, 6) is -0.0417. The van der Waals surface area contributed by atoms with Crippen LogP contribution in [-0.2, 0) is 12.8 Å². The molecule has 1 aromatic carbocycles. The molecule has 0 radical (unpaired) electrons. The highest BCUT2D eigenvalue weighted by Gasteiger charge is 2.27.